The van der Waals surface area contributed by atoms with Gasteiger partial charge in [0.25, 0.3) is 0 Å². The molecule has 1 aliphatic carbocycles. The second-order valence-corrected chi connectivity index (χ2v) is 5.77. The summed E-state index contributed by atoms with van der Waals surface area (Å²) in [5.74, 6) is 1.13. The molecule has 96 valence electrons. The number of hydrogen-bond donors (Lipinski definition) is 1. The highest BCUT2D eigenvalue weighted by Crippen LogP contribution is 2.44. The summed E-state index contributed by atoms with van der Waals surface area (Å²) in [5, 5.41) is 4.86. The van der Waals surface area contributed by atoms with Crippen LogP contribution in [0.5, 0.6) is 0 Å². The molecule has 1 aliphatic rings. The number of benzene rings is 1. The lowest BCUT2D eigenvalue weighted by Crippen LogP contribution is -2.21. The molecule has 0 amide bonds. The van der Waals surface area contributed by atoms with Gasteiger partial charge in [-0.2, -0.15) is 0 Å². The lowest BCUT2D eigenvalue weighted by Gasteiger charge is -2.10. The Balaban J connectivity index is 1.80. The Labute approximate surface area is 108 Å². The van der Waals surface area contributed by atoms with Gasteiger partial charge in [0.1, 0.15) is 11.3 Å². The molecule has 3 rings (SSSR count). The van der Waals surface area contributed by atoms with Crippen LogP contribution in [-0.4, -0.2) is 6.54 Å². The summed E-state index contributed by atoms with van der Waals surface area (Å²) in [7, 11) is 0. The zero-order valence-corrected chi connectivity index (χ0v) is 11.3. The fraction of sp³-hybridized carbons (Fsp3) is 0.500. The minimum absolute atomic E-state index is 0.561. The molecule has 1 aromatic carbocycles. The van der Waals surface area contributed by atoms with Crippen molar-refractivity contribution in [3.63, 3.8) is 0 Å². The Morgan fingerprint density at radius 2 is 2.06 bits per heavy atom. The number of rotatable bonds is 5. The molecule has 2 aromatic rings. The van der Waals surface area contributed by atoms with Crippen molar-refractivity contribution in [1.82, 2.24) is 5.32 Å². The predicted molar refractivity (Wildman–Crippen MR) is 74.6 cm³/mol. The quantitative estimate of drug-likeness (QED) is 0.862. The first-order chi connectivity index (χ1) is 8.72. The number of nitrogens with one attached hydrogen (secondary N) is 1. The molecule has 0 radical (unpaired) electrons. The molecule has 18 heavy (non-hydrogen) atoms. The zero-order chi connectivity index (χ0) is 12.6. The summed E-state index contributed by atoms with van der Waals surface area (Å²) >= 11 is 0. The van der Waals surface area contributed by atoms with Gasteiger partial charge in [0.2, 0.25) is 0 Å². The second-order valence-electron chi connectivity index (χ2n) is 5.77. The summed E-state index contributed by atoms with van der Waals surface area (Å²) in [6.45, 7) is 6.56. The van der Waals surface area contributed by atoms with Crippen LogP contribution < -0.4 is 5.32 Å². The maximum atomic E-state index is 5.91. The van der Waals surface area contributed by atoms with Gasteiger partial charge in [0, 0.05) is 30.5 Å². The van der Waals surface area contributed by atoms with Crippen LogP contribution >= 0.6 is 0 Å². The second kappa shape index (κ2) is 4.43. The third-order valence-electron chi connectivity index (χ3n) is 4.06. The first kappa shape index (κ1) is 11.8. The Bertz CT molecular complexity index is 551. The first-order valence-electron chi connectivity index (χ1n) is 6.92. The van der Waals surface area contributed by atoms with Gasteiger partial charge >= 0.3 is 0 Å². The number of aryl methyl sites for hydroxylation is 1. The number of para-hydroxylation sites is 1. The maximum absolute atomic E-state index is 5.91. The van der Waals surface area contributed by atoms with Gasteiger partial charge < -0.3 is 9.73 Å². The van der Waals surface area contributed by atoms with Crippen molar-refractivity contribution in [2.45, 2.75) is 39.7 Å². The average Bonchev–Trinajstić information content (AvgIpc) is 3.01. The summed E-state index contributed by atoms with van der Waals surface area (Å²) in [6.07, 6.45) is 3.70. The van der Waals surface area contributed by atoms with Crippen LogP contribution in [0.2, 0.25) is 0 Å². The average molecular weight is 243 g/mol. The summed E-state index contributed by atoms with van der Waals surface area (Å²) in [6, 6.07) is 8.34. The van der Waals surface area contributed by atoms with E-state index in [1.54, 1.807) is 0 Å². The summed E-state index contributed by atoms with van der Waals surface area (Å²) in [5.41, 5.74) is 2.92. The van der Waals surface area contributed by atoms with Crippen molar-refractivity contribution in [3.05, 3.63) is 35.6 Å². The van der Waals surface area contributed by atoms with E-state index in [1.165, 1.54) is 23.8 Å². The van der Waals surface area contributed by atoms with Crippen LogP contribution in [0.3, 0.4) is 0 Å². The molecule has 0 bridgehead atoms. The Kier molecular flexibility index (Phi) is 2.90. The van der Waals surface area contributed by atoms with E-state index >= 15 is 0 Å². The van der Waals surface area contributed by atoms with E-state index in [-0.39, 0.29) is 0 Å². The van der Waals surface area contributed by atoms with Gasteiger partial charge in [-0.15, -0.1) is 0 Å². The third kappa shape index (κ3) is 2.17. The van der Waals surface area contributed by atoms with Crippen molar-refractivity contribution in [2.24, 2.45) is 5.41 Å². The van der Waals surface area contributed by atoms with E-state index in [2.05, 4.69) is 37.4 Å². The van der Waals surface area contributed by atoms with Crippen LogP contribution in [0.25, 0.3) is 11.0 Å². The lowest BCUT2D eigenvalue weighted by molar-refractivity contribution is 0.492. The Morgan fingerprint density at radius 1 is 1.28 bits per heavy atom. The van der Waals surface area contributed by atoms with E-state index in [4.69, 9.17) is 4.42 Å². The predicted octanol–water partition coefficient (Wildman–Crippen LogP) is 3.88. The van der Waals surface area contributed by atoms with Crippen LogP contribution in [0.15, 0.2) is 28.7 Å². The molecule has 1 aromatic heterocycles. The standard InChI is InChI=1S/C16H21NO/c1-3-14-13(10-17-11-16(2)8-9-16)12-6-4-5-7-15(12)18-14/h4-7,17H,3,8-11H2,1-2H3. The zero-order valence-electron chi connectivity index (χ0n) is 11.3. The highest BCUT2D eigenvalue weighted by atomic mass is 16.3. The van der Waals surface area contributed by atoms with Crippen LogP contribution in [-0.2, 0) is 13.0 Å². The van der Waals surface area contributed by atoms with Gasteiger partial charge in [-0.3, -0.25) is 0 Å². The minimum atomic E-state index is 0.561. The van der Waals surface area contributed by atoms with E-state index < -0.39 is 0 Å². The van der Waals surface area contributed by atoms with Crippen molar-refractivity contribution in [3.8, 4) is 0 Å². The molecule has 1 N–H and O–H groups in total. The van der Waals surface area contributed by atoms with Crippen molar-refractivity contribution < 1.29 is 4.42 Å². The third-order valence-corrected chi connectivity index (χ3v) is 4.06. The van der Waals surface area contributed by atoms with Gasteiger partial charge in [-0.05, 0) is 24.3 Å². The number of fused-ring (bicyclic) bond motifs is 1. The lowest BCUT2D eigenvalue weighted by atomic mass is 10.1. The molecule has 2 nitrogen and oxygen atoms in total. The highest BCUT2D eigenvalue weighted by molar-refractivity contribution is 5.82. The van der Waals surface area contributed by atoms with Crippen LogP contribution in [0.1, 0.15) is 38.0 Å². The molecule has 1 saturated carbocycles. The van der Waals surface area contributed by atoms with Crippen molar-refractivity contribution in [1.29, 1.82) is 0 Å². The molecule has 1 fully saturated rings. The van der Waals surface area contributed by atoms with Gasteiger partial charge in [-0.25, -0.2) is 0 Å². The smallest absolute Gasteiger partial charge is 0.134 e. The molecular weight excluding hydrogens is 222 g/mol. The monoisotopic (exact) mass is 243 g/mol. The summed E-state index contributed by atoms with van der Waals surface area (Å²) in [4.78, 5) is 0. The SMILES string of the molecule is CCc1oc2ccccc2c1CNCC1(C)CC1. The highest BCUT2D eigenvalue weighted by Gasteiger charge is 2.36. The van der Waals surface area contributed by atoms with E-state index in [0.717, 1.165) is 30.9 Å². The largest absolute Gasteiger partial charge is 0.461 e. The number of hydrogen-bond acceptors (Lipinski definition) is 2. The molecule has 0 atom stereocenters. The first-order valence-corrected chi connectivity index (χ1v) is 6.92. The van der Waals surface area contributed by atoms with Gasteiger partial charge in [-0.1, -0.05) is 32.0 Å². The molecule has 0 aliphatic heterocycles. The molecule has 1 heterocycles. The van der Waals surface area contributed by atoms with Crippen LogP contribution in [0.4, 0.5) is 0 Å². The van der Waals surface area contributed by atoms with Gasteiger partial charge in [0.05, 0.1) is 0 Å². The van der Waals surface area contributed by atoms with Gasteiger partial charge in [0.15, 0.2) is 0 Å². The van der Waals surface area contributed by atoms with Crippen molar-refractivity contribution >= 4 is 11.0 Å². The van der Waals surface area contributed by atoms with E-state index in [1.807, 2.05) is 6.07 Å². The Morgan fingerprint density at radius 3 is 2.78 bits per heavy atom. The molecule has 0 saturated heterocycles. The fourth-order valence-electron chi connectivity index (χ4n) is 2.51. The topological polar surface area (TPSA) is 25.2 Å². The molecule has 2 heteroatoms. The number of furan rings is 1. The molecule has 0 unspecified atom stereocenters. The Hall–Kier alpha value is -1.28. The van der Waals surface area contributed by atoms with Crippen LogP contribution in [0, 0.1) is 5.41 Å². The fourth-order valence-corrected chi connectivity index (χ4v) is 2.51. The summed E-state index contributed by atoms with van der Waals surface area (Å²) < 4.78 is 5.91. The minimum Gasteiger partial charge on any atom is -0.461 e. The maximum Gasteiger partial charge on any atom is 0.134 e. The van der Waals surface area contributed by atoms with E-state index in [0.29, 0.717) is 5.41 Å². The van der Waals surface area contributed by atoms with Crippen molar-refractivity contribution in [2.75, 3.05) is 6.54 Å². The molecule has 0 spiro atoms. The normalized spacial score (nSPS) is 17.2. The molecular formula is C16H21NO. The van der Waals surface area contributed by atoms with E-state index in [9.17, 15) is 0 Å².